The van der Waals surface area contributed by atoms with Crippen LogP contribution in [0.5, 0.6) is 5.75 Å². The van der Waals surface area contributed by atoms with E-state index in [1.165, 1.54) is 25.7 Å². The number of hydrogen-bond donors (Lipinski definition) is 1. The number of ether oxygens (including phenoxy) is 1. The van der Waals surface area contributed by atoms with Gasteiger partial charge in [-0.3, -0.25) is 4.79 Å². The van der Waals surface area contributed by atoms with E-state index >= 15 is 0 Å². The van der Waals surface area contributed by atoms with Gasteiger partial charge in [0, 0.05) is 5.92 Å². The van der Waals surface area contributed by atoms with Crippen LogP contribution < -0.4 is 10.1 Å². The third kappa shape index (κ3) is 2.14. The Labute approximate surface area is 118 Å². The van der Waals surface area contributed by atoms with Crippen molar-refractivity contribution >= 4 is 11.6 Å². The Morgan fingerprint density at radius 2 is 2.05 bits per heavy atom. The Balaban J connectivity index is 1.78. The molecule has 1 aromatic carbocycles. The molecular weight excluding hydrogens is 252 g/mol. The van der Waals surface area contributed by atoms with Crippen LogP contribution in [0.3, 0.4) is 0 Å². The number of nitrogens with one attached hydrogen (secondary N) is 1. The average molecular weight is 270 g/mol. The van der Waals surface area contributed by atoms with Gasteiger partial charge in [0.25, 0.3) is 0 Å². The lowest BCUT2D eigenvalue weighted by molar-refractivity contribution is -0.117. The number of anilines is 1. The van der Waals surface area contributed by atoms with Crippen molar-refractivity contribution in [2.45, 2.75) is 25.7 Å². The van der Waals surface area contributed by atoms with Gasteiger partial charge in [-0.05, 0) is 36.8 Å². The summed E-state index contributed by atoms with van der Waals surface area (Å²) in [5.41, 5.74) is 0.951. The van der Waals surface area contributed by atoms with Gasteiger partial charge in [0.15, 0.2) is 0 Å². The van der Waals surface area contributed by atoms with Gasteiger partial charge in [-0.2, -0.15) is 5.26 Å². The highest BCUT2D eigenvalue weighted by Gasteiger charge is 2.54. The van der Waals surface area contributed by atoms with Crippen molar-refractivity contribution in [1.29, 1.82) is 5.26 Å². The average Bonchev–Trinajstić information content (AvgIpc) is 3.21. The van der Waals surface area contributed by atoms with Gasteiger partial charge in [-0.15, -0.1) is 0 Å². The Morgan fingerprint density at radius 1 is 1.35 bits per heavy atom. The SMILES string of the molecule is COc1cccc(C#N)c1NC(=O)C1C2CCCCC21. The maximum absolute atomic E-state index is 12.4. The molecule has 0 aromatic heterocycles. The zero-order valence-electron chi connectivity index (χ0n) is 11.6. The predicted octanol–water partition coefficient (Wildman–Crippen LogP) is 2.94. The zero-order chi connectivity index (χ0) is 14.1. The smallest absolute Gasteiger partial charge is 0.228 e. The van der Waals surface area contributed by atoms with Crippen LogP contribution in [-0.4, -0.2) is 13.0 Å². The van der Waals surface area contributed by atoms with Crippen LogP contribution >= 0.6 is 0 Å². The van der Waals surface area contributed by atoms with Crippen LogP contribution in [0.1, 0.15) is 31.2 Å². The molecule has 3 rings (SSSR count). The Morgan fingerprint density at radius 3 is 2.65 bits per heavy atom. The van der Waals surface area contributed by atoms with E-state index in [9.17, 15) is 4.79 Å². The molecule has 0 saturated heterocycles. The molecule has 0 aliphatic heterocycles. The summed E-state index contributed by atoms with van der Waals surface area (Å²) in [7, 11) is 1.54. The number of hydrogen-bond acceptors (Lipinski definition) is 3. The molecule has 2 fully saturated rings. The van der Waals surface area contributed by atoms with Crippen molar-refractivity contribution < 1.29 is 9.53 Å². The molecule has 1 amide bonds. The highest BCUT2D eigenvalue weighted by Crippen LogP contribution is 2.55. The molecule has 2 saturated carbocycles. The summed E-state index contributed by atoms with van der Waals surface area (Å²) >= 11 is 0. The number of carbonyl (C=O) groups excluding carboxylic acids is 1. The maximum atomic E-state index is 12.4. The molecule has 0 bridgehead atoms. The number of benzene rings is 1. The summed E-state index contributed by atoms with van der Waals surface area (Å²) in [4.78, 5) is 12.4. The van der Waals surface area contributed by atoms with Crippen LogP contribution in [0.25, 0.3) is 0 Å². The molecule has 1 N–H and O–H groups in total. The van der Waals surface area contributed by atoms with Crippen molar-refractivity contribution in [2.75, 3.05) is 12.4 Å². The molecule has 20 heavy (non-hydrogen) atoms. The largest absolute Gasteiger partial charge is 0.495 e. The molecule has 2 unspecified atom stereocenters. The van der Waals surface area contributed by atoms with E-state index in [4.69, 9.17) is 10.00 Å². The summed E-state index contributed by atoms with van der Waals surface area (Å²) < 4.78 is 5.24. The Hall–Kier alpha value is -2.02. The first-order valence-electron chi connectivity index (χ1n) is 7.14. The van der Waals surface area contributed by atoms with Crippen LogP contribution in [0.2, 0.25) is 0 Å². The number of nitrogens with zero attached hydrogens (tertiary/aromatic N) is 1. The molecule has 0 spiro atoms. The standard InChI is InChI=1S/C16H18N2O2/c1-20-13-8-4-5-10(9-17)15(13)18-16(19)14-11-6-2-3-7-12(11)14/h4-5,8,11-12,14H,2-3,6-7H2,1H3,(H,18,19). The number of rotatable bonds is 3. The van der Waals surface area contributed by atoms with Crippen LogP contribution in [-0.2, 0) is 4.79 Å². The molecule has 0 heterocycles. The molecule has 2 aliphatic rings. The first kappa shape index (κ1) is 13.0. The molecule has 4 nitrogen and oxygen atoms in total. The second kappa shape index (κ2) is 5.16. The highest BCUT2D eigenvalue weighted by atomic mass is 16.5. The van der Waals surface area contributed by atoms with Gasteiger partial charge in [-0.1, -0.05) is 18.9 Å². The first-order valence-corrected chi connectivity index (χ1v) is 7.14. The summed E-state index contributed by atoms with van der Waals surface area (Å²) in [6.07, 6.45) is 4.81. The van der Waals surface area contributed by atoms with Crippen molar-refractivity contribution in [3.8, 4) is 11.8 Å². The highest BCUT2D eigenvalue weighted by molar-refractivity contribution is 5.97. The number of para-hydroxylation sites is 1. The minimum Gasteiger partial charge on any atom is -0.495 e. The van der Waals surface area contributed by atoms with Crippen molar-refractivity contribution in [1.82, 2.24) is 0 Å². The summed E-state index contributed by atoms with van der Waals surface area (Å²) in [5, 5.41) is 12.1. The quantitative estimate of drug-likeness (QED) is 0.918. The molecule has 104 valence electrons. The zero-order valence-corrected chi connectivity index (χ0v) is 11.6. The summed E-state index contributed by atoms with van der Waals surface area (Å²) in [5.74, 6) is 1.84. The fourth-order valence-corrected chi connectivity index (χ4v) is 3.51. The van der Waals surface area contributed by atoms with E-state index in [1.54, 1.807) is 25.3 Å². The number of amides is 1. The van der Waals surface area contributed by atoms with Crippen LogP contribution in [0.15, 0.2) is 18.2 Å². The summed E-state index contributed by atoms with van der Waals surface area (Å²) in [6, 6.07) is 7.31. The van der Waals surface area contributed by atoms with Gasteiger partial charge in [-0.25, -0.2) is 0 Å². The number of carbonyl (C=O) groups is 1. The van der Waals surface area contributed by atoms with Crippen molar-refractivity contribution in [2.24, 2.45) is 17.8 Å². The fraction of sp³-hybridized carbons (Fsp3) is 0.500. The van der Waals surface area contributed by atoms with E-state index in [1.807, 2.05) is 0 Å². The maximum Gasteiger partial charge on any atom is 0.228 e. The predicted molar refractivity (Wildman–Crippen MR) is 75.3 cm³/mol. The minimum atomic E-state index is 0.0444. The summed E-state index contributed by atoms with van der Waals surface area (Å²) in [6.45, 7) is 0. The van der Waals surface area contributed by atoms with E-state index in [0.29, 0.717) is 28.8 Å². The monoisotopic (exact) mass is 270 g/mol. The second-order valence-corrected chi connectivity index (χ2v) is 5.62. The number of methoxy groups -OCH3 is 1. The van der Waals surface area contributed by atoms with Gasteiger partial charge >= 0.3 is 0 Å². The molecule has 2 aliphatic carbocycles. The van der Waals surface area contributed by atoms with Gasteiger partial charge in [0.2, 0.25) is 5.91 Å². The van der Waals surface area contributed by atoms with E-state index in [2.05, 4.69) is 11.4 Å². The lowest BCUT2D eigenvalue weighted by Gasteiger charge is -2.11. The molecule has 2 atom stereocenters. The lowest BCUT2D eigenvalue weighted by Crippen LogP contribution is -2.17. The first-order chi connectivity index (χ1) is 9.76. The lowest BCUT2D eigenvalue weighted by atomic mass is 10.0. The Bertz CT molecular complexity index is 564. The number of nitriles is 1. The Kier molecular flexibility index (Phi) is 3.35. The van der Waals surface area contributed by atoms with Crippen molar-refractivity contribution in [3.05, 3.63) is 23.8 Å². The van der Waals surface area contributed by atoms with Crippen molar-refractivity contribution in [3.63, 3.8) is 0 Å². The number of fused-ring (bicyclic) bond motifs is 1. The van der Waals surface area contributed by atoms with Gasteiger partial charge < -0.3 is 10.1 Å². The fourth-order valence-electron chi connectivity index (χ4n) is 3.51. The van der Waals surface area contributed by atoms with Gasteiger partial charge in [0.1, 0.15) is 17.5 Å². The third-order valence-electron chi connectivity index (χ3n) is 4.57. The molecular formula is C16H18N2O2. The topological polar surface area (TPSA) is 62.1 Å². The molecule has 1 aromatic rings. The van der Waals surface area contributed by atoms with E-state index < -0.39 is 0 Å². The normalized spacial score (nSPS) is 27.1. The van der Waals surface area contributed by atoms with Crippen LogP contribution in [0, 0.1) is 29.1 Å². The molecule has 0 radical (unpaired) electrons. The van der Waals surface area contributed by atoms with Gasteiger partial charge in [0.05, 0.1) is 12.7 Å². The van der Waals surface area contributed by atoms with E-state index in [-0.39, 0.29) is 11.8 Å². The third-order valence-corrected chi connectivity index (χ3v) is 4.57. The minimum absolute atomic E-state index is 0.0444. The van der Waals surface area contributed by atoms with E-state index in [0.717, 1.165) is 0 Å². The molecule has 4 heteroatoms. The van der Waals surface area contributed by atoms with Crippen LogP contribution in [0.4, 0.5) is 5.69 Å². The second-order valence-electron chi connectivity index (χ2n) is 5.62.